The molecule has 5 heteroatoms. The largest absolute Gasteiger partial charge is 0.369 e. The minimum absolute atomic E-state index is 0.00665. The van der Waals surface area contributed by atoms with Crippen LogP contribution in [0.2, 0.25) is 0 Å². The molecule has 1 saturated carbocycles. The van der Waals surface area contributed by atoms with E-state index in [0.717, 1.165) is 38.5 Å². The van der Waals surface area contributed by atoms with Gasteiger partial charge in [0.15, 0.2) is 0 Å². The Morgan fingerprint density at radius 1 is 1.28 bits per heavy atom. The SMILES string of the molecule is CC(CCCN)C(=O)NC1CCC(C(N)=O)CC1. The van der Waals surface area contributed by atoms with Crippen molar-refractivity contribution in [3.63, 3.8) is 0 Å². The molecule has 0 radical (unpaired) electrons. The van der Waals surface area contributed by atoms with Crippen molar-refractivity contribution in [3.8, 4) is 0 Å². The van der Waals surface area contributed by atoms with Crippen molar-refractivity contribution < 1.29 is 9.59 Å². The Morgan fingerprint density at radius 3 is 2.39 bits per heavy atom. The summed E-state index contributed by atoms with van der Waals surface area (Å²) in [4.78, 5) is 22.9. The van der Waals surface area contributed by atoms with Crippen LogP contribution in [0.4, 0.5) is 0 Å². The van der Waals surface area contributed by atoms with Crippen LogP contribution in [0, 0.1) is 11.8 Å². The molecule has 0 aromatic rings. The zero-order chi connectivity index (χ0) is 13.5. The van der Waals surface area contributed by atoms with Gasteiger partial charge in [0, 0.05) is 17.9 Å². The number of primary amides is 1. The van der Waals surface area contributed by atoms with E-state index in [0.29, 0.717) is 6.54 Å². The van der Waals surface area contributed by atoms with Gasteiger partial charge in [-0.25, -0.2) is 0 Å². The first-order valence-corrected chi connectivity index (χ1v) is 6.84. The molecule has 2 amide bonds. The smallest absolute Gasteiger partial charge is 0.223 e. The van der Waals surface area contributed by atoms with E-state index in [1.54, 1.807) is 0 Å². The van der Waals surface area contributed by atoms with Crippen molar-refractivity contribution in [2.75, 3.05) is 6.54 Å². The van der Waals surface area contributed by atoms with Crippen LogP contribution < -0.4 is 16.8 Å². The van der Waals surface area contributed by atoms with Crippen LogP contribution in [-0.4, -0.2) is 24.4 Å². The molecule has 0 spiro atoms. The summed E-state index contributed by atoms with van der Waals surface area (Å²) in [7, 11) is 0. The molecule has 0 aliphatic heterocycles. The number of hydrogen-bond acceptors (Lipinski definition) is 3. The highest BCUT2D eigenvalue weighted by Gasteiger charge is 2.26. The van der Waals surface area contributed by atoms with Crippen LogP contribution in [0.1, 0.15) is 45.4 Å². The highest BCUT2D eigenvalue weighted by Crippen LogP contribution is 2.24. The number of carbonyl (C=O) groups excluding carboxylic acids is 2. The van der Waals surface area contributed by atoms with E-state index in [-0.39, 0.29) is 29.7 Å². The predicted molar refractivity (Wildman–Crippen MR) is 70.5 cm³/mol. The summed E-state index contributed by atoms with van der Waals surface area (Å²) in [5.41, 5.74) is 10.7. The van der Waals surface area contributed by atoms with E-state index in [9.17, 15) is 9.59 Å². The summed E-state index contributed by atoms with van der Waals surface area (Å²) in [5, 5.41) is 3.06. The van der Waals surface area contributed by atoms with E-state index < -0.39 is 0 Å². The van der Waals surface area contributed by atoms with Gasteiger partial charge in [0.1, 0.15) is 0 Å². The fourth-order valence-electron chi connectivity index (χ4n) is 2.42. The molecule has 0 saturated heterocycles. The normalized spacial score (nSPS) is 25.4. The Bertz CT molecular complexity index is 286. The molecule has 5 N–H and O–H groups in total. The van der Waals surface area contributed by atoms with Crippen LogP contribution in [-0.2, 0) is 9.59 Å². The van der Waals surface area contributed by atoms with Gasteiger partial charge in [-0.05, 0) is 45.1 Å². The number of amides is 2. The maximum Gasteiger partial charge on any atom is 0.223 e. The molecule has 0 aromatic carbocycles. The lowest BCUT2D eigenvalue weighted by atomic mass is 9.85. The molecule has 1 unspecified atom stereocenters. The standard InChI is InChI=1S/C13H25N3O2/c1-9(3-2-8-14)13(18)16-11-6-4-10(5-7-11)12(15)17/h9-11H,2-8,14H2,1H3,(H2,15,17)(H,16,18). The average Bonchev–Trinajstić information content (AvgIpc) is 2.36. The summed E-state index contributed by atoms with van der Waals surface area (Å²) < 4.78 is 0. The molecular formula is C13H25N3O2. The second-order valence-electron chi connectivity index (χ2n) is 5.29. The maximum atomic E-state index is 11.9. The van der Waals surface area contributed by atoms with Crippen LogP contribution in [0.3, 0.4) is 0 Å². The van der Waals surface area contributed by atoms with Crippen molar-refractivity contribution in [1.29, 1.82) is 0 Å². The van der Waals surface area contributed by atoms with Crippen LogP contribution in [0.25, 0.3) is 0 Å². The Kier molecular flexibility index (Phi) is 6.12. The maximum absolute atomic E-state index is 11.9. The van der Waals surface area contributed by atoms with Gasteiger partial charge in [-0.2, -0.15) is 0 Å². The number of nitrogens with one attached hydrogen (secondary N) is 1. The Hall–Kier alpha value is -1.10. The van der Waals surface area contributed by atoms with Gasteiger partial charge in [0.2, 0.25) is 11.8 Å². The lowest BCUT2D eigenvalue weighted by Gasteiger charge is -2.28. The number of rotatable bonds is 6. The van der Waals surface area contributed by atoms with Crippen molar-refractivity contribution in [2.24, 2.45) is 23.3 Å². The molecule has 1 aliphatic rings. The summed E-state index contributed by atoms with van der Waals surface area (Å²) in [6.45, 7) is 2.56. The fourth-order valence-corrected chi connectivity index (χ4v) is 2.42. The predicted octanol–water partition coefficient (Wildman–Crippen LogP) is 0.522. The minimum atomic E-state index is -0.212. The highest BCUT2D eigenvalue weighted by atomic mass is 16.2. The third-order valence-electron chi connectivity index (χ3n) is 3.76. The van der Waals surface area contributed by atoms with Crippen molar-refractivity contribution in [3.05, 3.63) is 0 Å². The number of carbonyl (C=O) groups is 2. The van der Waals surface area contributed by atoms with Gasteiger partial charge in [-0.1, -0.05) is 6.92 Å². The quantitative estimate of drug-likeness (QED) is 0.645. The van der Waals surface area contributed by atoms with Crippen molar-refractivity contribution in [1.82, 2.24) is 5.32 Å². The van der Waals surface area contributed by atoms with Gasteiger partial charge in [0.25, 0.3) is 0 Å². The second-order valence-corrected chi connectivity index (χ2v) is 5.29. The van der Waals surface area contributed by atoms with Gasteiger partial charge < -0.3 is 16.8 Å². The summed E-state index contributed by atoms with van der Waals surface area (Å²) in [5.74, 6) is -0.0997. The number of nitrogens with two attached hydrogens (primary N) is 2. The van der Waals surface area contributed by atoms with Gasteiger partial charge in [-0.15, -0.1) is 0 Å². The topological polar surface area (TPSA) is 98.2 Å². The molecule has 104 valence electrons. The third-order valence-corrected chi connectivity index (χ3v) is 3.76. The molecule has 18 heavy (non-hydrogen) atoms. The molecule has 1 atom stereocenters. The van der Waals surface area contributed by atoms with E-state index in [2.05, 4.69) is 5.32 Å². The summed E-state index contributed by atoms with van der Waals surface area (Å²) in [6.07, 6.45) is 4.99. The average molecular weight is 255 g/mol. The molecule has 1 rings (SSSR count). The zero-order valence-corrected chi connectivity index (χ0v) is 11.2. The molecule has 5 nitrogen and oxygen atoms in total. The first-order chi connectivity index (χ1) is 8.54. The van der Waals surface area contributed by atoms with Crippen LogP contribution in [0.15, 0.2) is 0 Å². The van der Waals surface area contributed by atoms with E-state index >= 15 is 0 Å². The minimum Gasteiger partial charge on any atom is -0.369 e. The van der Waals surface area contributed by atoms with E-state index in [4.69, 9.17) is 11.5 Å². The second kappa shape index (κ2) is 7.36. The highest BCUT2D eigenvalue weighted by molar-refractivity contribution is 5.79. The van der Waals surface area contributed by atoms with Crippen LogP contribution >= 0.6 is 0 Å². The summed E-state index contributed by atoms with van der Waals surface area (Å²) in [6, 6.07) is 0.202. The van der Waals surface area contributed by atoms with Gasteiger partial charge in [0.05, 0.1) is 0 Å². The fraction of sp³-hybridized carbons (Fsp3) is 0.846. The van der Waals surface area contributed by atoms with Crippen molar-refractivity contribution in [2.45, 2.75) is 51.5 Å². The third kappa shape index (κ3) is 4.64. The molecule has 0 aromatic heterocycles. The first kappa shape index (κ1) is 15.0. The Morgan fingerprint density at radius 2 is 1.89 bits per heavy atom. The molecule has 0 heterocycles. The van der Waals surface area contributed by atoms with Crippen molar-refractivity contribution >= 4 is 11.8 Å². The Balaban J connectivity index is 2.27. The zero-order valence-electron chi connectivity index (χ0n) is 11.2. The van der Waals surface area contributed by atoms with Crippen LogP contribution in [0.5, 0.6) is 0 Å². The lowest BCUT2D eigenvalue weighted by molar-refractivity contribution is -0.125. The number of hydrogen-bond donors (Lipinski definition) is 3. The Labute approximate surface area is 109 Å². The van der Waals surface area contributed by atoms with Gasteiger partial charge in [-0.3, -0.25) is 9.59 Å². The van der Waals surface area contributed by atoms with Gasteiger partial charge >= 0.3 is 0 Å². The molecular weight excluding hydrogens is 230 g/mol. The molecule has 0 bridgehead atoms. The molecule has 1 aliphatic carbocycles. The summed E-state index contributed by atoms with van der Waals surface area (Å²) >= 11 is 0. The lowest BCUT2D eigenvalue weighted by Crippen LogP contribution is -2.41. The van der Waals surface area contributed by atoms with E-state index in [1.165, 1.54) is 0 Å². The monoisotopic (exact) mass is 255 g/mol. The first-order valence-electron chi connectivity index (χ1n) is 6.84. The van der Waals surface area contributed by atoms with E-state index in [1.807, 2.05) is 6.92 Å². The molecule has 1 fully saturated rings.